The highest BCUT2D eigenvalue weighted by atomic mass is 16.3. The van der Waals surface area contributed by atoms with E-state index in [1.165, 1.54) is 0 Å². The Kier molecular flexibility index (Phi) is 6.70. The number of amides is 1. The molecule has 72 valence electrons. The Morgan fingerprint density at radius 3 is 2.83 bits per heavy atom. The van der Waals surface area contributed by atoms with Crippen LogP contribution in [0.3, 0.4) is 0 Å². The van der Waals surface area contributed by atoms with Crippen LogP contribution in [0.4, 0.5) is 0 Å². The molecule has 1 amide bonds. The van der Waals surface area contributed by atoms with E-state index in [1.54, 1.807) is 0 Å². The van der Waals surface area contributed by atoms with Gasteiger partial charge in [-0.3, -0.25) is 4.79 Å². The van der Waals surface area contributed by atoms with Gasteiger partial charge in [0, 0.05) is 25.6 Å². The summed E-state index contributed by atoms with van der Waals surface area (Å²) in [7, 11) is 0. The number of hydrogen-bond acceptors (Lipinski definition) is 3. The first kappa shape index (κ1) is 11.4. The average molecular weight is 174 g/mol. The number of carbonyl (C=O) groups excluding carboxylic acids is 1. The molecular weight excluding hydrogens is 156 g/mol. The highest BCUT2D eigenvalue weighted by Gasteiger charge is 2.05. The molecule has 1 unspecified atom stereocenters. The van der Waals surface area contributed by atoms with Gasteiger partial charge < -0.3 is 16.2 Å². The summed E-state index contributed by atoms with van der Waals surface area (Å²) < 4.78 is 0. The Morgan fingerprint density at radius 1 is 1.67 bits per heavy atom. The van der Waals surface area contributed by atoms with E-state index in [0.29, 0.717) is 19.4 Å². The Labute approximate surface area is 73.1 Å². The van der Waals surface area contributed by atoms with Gasteiger partial charge in [-0.1, -0.05) is 6.92 Å². The summed E-state index contributed by atoms with van der Waals surface area (Å²) in [6, 6.07) is -0.0425. The second-order valence-electron chi connectivity index (χ2n) is 2.80. The van der Waals surface area contributed by atoms with Gasteiger partial charge in [0.25, 0.3) is 0 Å². The van der Waals surface area contributed by atoms with Crippen molar-refractivity contribution in [3.05, 3.63) is 0 Å². The van der Waals surface area contributed by atoms with Crippen molar-refractivity contribution in [1.29, 1.82) is 0 Å². The first-order valence-electron chi connectivity index (χ1n) is 4.33. The average Bonchev–Trinajstić information content (AvgIpc) is 2.05. The van der Waals surface area contributed by atoms with E-state index in [1.807, 2.05) is 6.92 Å². The molecule has 4 nitrogen and oxygen atoms in total. The summed E-state index contributed by atoms with van der Waals surface area (Å²) in [6.45, 7) is 2.59. The van der Waals surface area contributed by atoms with Crippen molar-refractivity contribution in [2.45, 2.75) is 32.2 Å². The van der Waals surface area contributed by atoms with Crippen LogP contribution in [0.15, 0.2) is 0 Å². The van der Waals surface area contributed by atoms with Gasteiger partial charge >= 0.3 is 0 Å². The molecule has 0 radical (unpaired) electrons. The summed E-state index contributed by atoms with van der Waals surface area (Å²) >= 11 is 0. The molecular formula is C8H18N2O2. The number of carbonyl (C=O) groups is 1. The van der Waals surface area contributed by atoms with E-state index in [0.717, 1.165) is 6.42 Å². The second kappa shape index (κ2) is 7.06. The van der Waals surface area contributed by atoms with Crippen molar-refractivity contribution in [2.24, 2.45) is 5.73 Å². The predicted molar refractivity (Wildman–Crippen MR) is 47.6 cm³/mol. The fourth-order valence-corrected chi connectivity index (χ4v) is 0.762. The molecule has 4 heteroatoms. The molecule has 12 heavy (non-hydrogen) atoms. The minimum atomic E-state index is -0.0425. The number of rotatable bonds is 6. The quantitative estimate of drug-likeness (QED) is 0.480. The van der Waals surface area contributed by atoms with Gasteiger partial charge in [0.1, 0.15) is 0 Å². The van der Waals surface area contributed by atoms with E-state index in [-0.39, 0.29) is 18.6 Å². The number of aliphatic hydroxyl groups excluding tert-OH is 1. The van der Waals surface area contributed by atoms with Crippen LogP contribution in [0.25, 0.3) is 0 Å². The van der Waals surface area contributed by atoms with Gasteiger partial charge in [-0.2, -0.15) is 0 Å². The number of hydrogen-bond donors (Lipinski definition) is 3. The number of nitrogens with two attached hydrogens (primary N) is 1. The van der Waals surface area contributed by atoms with Crippen LogP contribution < -0.4 is 11.1 Å². The first-order chi connectivity index (χ1) is 5.70. The van der Waals surface area contributed by atoms with Crippen molar-refractivity contribution < 1.29 is 9.90 Å². The molecule has 0 aromatic rings. The number of aliphatic hydroxyl groups is 1. The second-order valence-corrected chi connectivity index (χ2v) is 2.80. The Bertz CT molecular complexity index is 128. The topological polar surface area (TPSA) is 75.4 Å². The predicted octanol–water partition coefficient (Wildman–Crippen LogP) is -0.388. The Balaban J connectivity index is 3.33. The maximum Gasteiger partial charge on any atom is 0.221 e. The standard InChI is InChI=1S/C8H18N2O2/c1-2-7(9)6-8(12)10-4-3-5-11/h7,11H,2-6,9H2,1H3,(H,10,12). The zero-order valence-corrected chi connectivity index (χ0v) is 7.55. The van der Waals surface area contributed by atoms with Crippen molar-refractivity contribution in [1.82, 2.24) is 5.32 Å². The third kappa shape index (κ3) is 6.12. The lowest BCUT2D eigenvalue weighted by Gasteiger charge is -2.08. The monoisotopic (exact) mass is 174 g/mol. The van der Waals surface area contributed by atoms with Crippen molar-refractivity contribution in [3.8, 4) is 0 Å². The van der Waals surface area contributed by atoms with E-state index in [9.17, 15) is 4.79 Å². The molecule has 0 aliphatic rings. The SMILES string of the molecule is CCC(N)CC(=O)NCCCO. The van der Waals surface area contributed by atoms with Crippen LogP contribution in [0.5, 0.6) is 0 Å². The molecule has 0 saturated heterocycles. The van der Waals surface area contributed by atoms with Gasteiger partial charge in [0.15, 0.2) is 0 Å². The molecule has 0 heterocycles. The lowest BCUT2D eigenvalue weighted by atomic mass is 10.1. The molecule has 0 aromatic heterocycles. The summed E-state index contributed by atoms with van der Waals surface area (Å²) in [5.74, 6) is -0.0298. The fraction of sp³-hybridized carbons (Fsp3) is 0.875. The Hall–Kier alpha value is -0.610. The molecule has 0 aromatic carbocycles. The fourth-order valence-electron chi connectivity index (χ4n) is 0.762. The van der Waals surface area contributed by atoms with Crippen molar-refractivity contribution >= 4 is 5.91 Å². The maximum atomic E-state index is 11.0. The van der Waals surface area contributed by atoms with Crippen molar-refractivity contribution in [3.63, 3.8) is 0 Å². The molecule has 0 rings (SSSR count). The minimum Gasteiger partial charge on any atom is -0.396 e. The van der Waals surface area contributed by atoms with Crippen LogP contribution in [0.1, 0.15) is 26.2 Å². The summed E-state index contributed by atoms with van der Waals surface area (Å²) in [4.78, 5) is 11.0. The maximum absolute atomic E-state index is 11.0. The third-order valence-corrected chi connectivity index (χ3v) is 1.63. The van der Waals surface area contributed by atoms with Crippen LogP contribution in [0, 0.1) is 0 Å². The molecule has 0 fully saturated rings. The normalized spacial score (nSPS) is 12.6. The van der Waals surface area contributed by atoms with Crippen molar-refractivity contribution in [2.75, 3.05) is 13.2 Å². The van der Waals surface area contributed by atoms with Gasteiger partial charge in [-0.05, 0) is 12.8 Å². The van der Waals surface area contributed by atoms with E-state index in [2.05, 4.69) is 5.32 Å². The third-order valence-electron chi connectivity index (χ3n) is 1.63. The summed E-state index contributed by atoms with van der Waals surface area (Å²) in [5, 5.41) is 11.1. The van der Waals surface area contributed by atoms with Gasteiger partial charge in [0.05, 0.1) is 0 Å². The Morgan fingerprint density at radius 2 is 2.33 bits per heavy atom. The van der Waals surface area contributed by atoms with E-state index >= 15 is 0 Å². The highest BCUT2D eigenvalue weighted by molar-refractivity contribution is 5.76. The van der Waals surface area contributed by atoms with Crippen LogP contribution in [0.2, 0.25) is 0 Å². The number of nitrogens with one attached hydrogen (secondary N) is 1. The van der Waals surface area contributed by atoms with Crippen LogP contribution in [-0.2, 0) is 4.79 Å². The minimum absolute atomic E-state index is 0.0298. The zero-order valence-electron chi connectivity index (χ0n) is 7.55. The smallest absolute Gasteiger partial charge is 0.221 e. The van der Waals surface area contributed by atoms with Gasteiger partial charge in [0.2, 0.25) is 5.91 Å². The van der Waals surface area contributed by atoms with E-state index < -0.39 is 0 Å². The van der Waals surface area contributed by atoms with Gasteiger partial charge in [-0.25, -0.2) is 0 Å². The molecule has 0 saturated carbocycles. The molecule has 0 spiro atoms. The lowest BCUT2D eigenvalue weighted by molar-refractivity contribution is -0.121. The van der Waals surface area contributed by atoms with E-state index in [4.69, 9.17) is 10.8 Å². The van der Waals surface area contributed by atoms with Crippen LogP contribution in [-0.4, -0.2) is 30.2 Å². The first-order valence-corrected chi connectivity index (χ1v) is 4.33. The largest absolute Gasteiger partial charge is 0.396 e. The zero-order chi connectivity index (χ0) is 9.40. The van der Waals surface area contributed by atoms with Gasteiger partial charge in [-0.15, -0.1) is 0 Å². The molecule has 0 aliphatic heterocycles. The molecule has 0 bridgehead atoms. The molecule has 4 N–H and O–H groups in total. The lowest BCUT2D eigenvalue weighted by Crippen LogP contribution is -2.32. The van der Waals surface area contributed by atoms with Crippen LogP contribution >= 0.6 is 0 Å². The molecule has 1 atom stereocenters. The summed E-state index contributed by atoms with van der Waals surface area (Å²) in [6.07, 6.45) is 1.79. The highest BCUT2D eigenvalue weighted by Crippen LogP contribution is 1.92. The molecule has 0 aliphatic carbocycles. The summed E-state index contributed by atoms with van der Waals surface area (Å²) in [5.41, 5.74) is 5.57.